The summed E-state index contributed by atoms with van der Waals surface area (Å²) in [5.41, 5.74) is 5.73. The number of nitrogens with zero attached hydrogens (tertiary/aromatic N) is 1. The van der Waals surface area contributed by atoms with Gasteiger partial charge in [0.25, 0.3) is 0 Å². The van der Waals surface area contributed by atoms with Gasteiger partial charge in [0.05, 0.1) is 20.1 Å². The van der Waals surface area contributed by atoms with Gasteiger partial charge in [0.15, 0.2) is 11.5 Å². The van der Waals surface area contributed by atoms with Gasteiger partial charge in [-0.1, -0.05) is 0 Å². The molecule has 0 aliphatic rings. The van der Waals surface area contributed by atoms with Crippen LogP contribution in [0.15, 0.2) is 17.1 Å². The quantitative estimate of drug-likeness (QED) is 0.503. The van der Waals surface area contributed by atoms with E-state index in [0.717, 1.165) is 0 Å². The lowest BCUT2D eigenvalue weighted by Gasteiger charge is -2.09. The summed E-state index contributed by atoms with van der Waals surface area (Å²) in [5, 5.41) is 0. The Labute approximate surface area is 97.8 Å². The Hall–Kier alpha value is -1.49. The van der Waals surface area contributed by atoms with Crippen molar-refractivity contribution in [2.45, 2.75) is 0 Å². The Morgan fingerprint density at radius 2 is 2.12 bits per heavy atom. The zero-order valence-electron chi connectivity index (χ0n) is 8.96. The molecule has 16 heavy (non-hydrogen) atoms. The Bertz CT molecular complexity index is 410. The zero-order valence-corrected chi connectivity index (χ0v) is 9.71. The average molecular weight is 247 g/mol. The lowest BCUT2D eigenvalue weighted by Crippen LogP contribution is -2.12. The molecular formula is C10H12ClFN2O2. The van der Waals surface area contributed by atoms with E-state index in [0.29, 0.717) is 0 Å². The van der Waals surface area contributed by atoms with Gasteiger partial charge in [-0.25, -0.2) is 4.99 Å². The normalized spacial score (nSPS) is 11.4. The van der Waals surface area contributed by atoms with Crippen LogP contribution in [0.3, 0.4) is 0 Å². The first-order valence-electron chi connectivity index (χ1n) is 4.43. The minimum atomic E-state index is -0.617. The van der Waals surface area contributed by atoms with Crippen molar-refractivity contribution < 1.29 is 13.9 Å². The van der Waals surface area contributed by atoms with Crippen LogP contribution in [0.4, 0.5) is 10.1 Å². The summed E-state index contributed by atoms with van der Waals surface area (Å²) in [6.07, 6.45) is 0. The van der Waals surface area contributed by atoms with Crippen LogP contribution in [0, 0.1) is 5.82 Å². The van der Waals surface area contributed by atoms with E-state index in [-0.39, 0.29) is 28.9 Å². The molecule has 88 valence electrons. The first-order chi connectivity index (χ1) is 7.63. The molecule has 0 saturated heterocycles. The van der Waals surface area contributed by atoms with Gasteiger partial charge in [-0.15, -0.1) is 11.6 Å². The maximum absolute atomic E-state index is 13.7. The summed E-state index contributed by atoms with van der Waals surface area (Å²) < 4.78 is 23.4. The molecule has 1 aromatic carbocycles. The van der Waals surface area contributed by atoms with E-state index in [1.165, 1.54) is 20.3 Å². The second kappa shape index (κ2) is 5.55. The molecule has 2 N–H and O–H groups in total. The highest BCUT2D eigenvalue weighted by Crippen LogP contribution is 2.35. The fourth-order valence-electron chi connectivity index (χ4n) is 1.15. The van der Waals surface area contributed by atoms with E-state index in [1.807, 2.05) is 0 Å². The second-order valence-electron chi connectivity index (χ2n) is 2.87. The molecule has 0 fully saturated rings. The van der Waals surface area contributed by atoms with Gasteiger partial charge in [0.1, 0.15) is 11.5 Å². The maximum atomic E-state index is 13.7. The van der Waals surface area contributed by atoms with E-state index in [1.54, 1.807) is 6.07 Å². The summed E-state index contributed by atoms with van der Waals surface area (Å²) in [5.74, 6) is -0.303. The van der Waals surface area contributed by atoms with Gasteiger partial charge >= 0.3 is 0 Å². The van der Waals surface area contributed by atoms with Gasteiger partial charge in [-0.3, -0.25) is 0 Å². The van der Waals surface area contributed by atoms with Crippen molar-refractivity contribution >= 4 is 23.1 Å². The molecule has 0 aliphatic heterocycles. The molecule has 0 heterocycles. The highest BCUT2D eigenvalue weighted by Gasteiger charge is 2.14. The van der Waals surface area contributed by atoms with Crippen molar-refractivity contribution in [2.75, 3.05) is 20.1 Å². The average Bonchev–Trinajstić information content (AvgIpc) is 2.29. The third kappa shape index (κ3) is 2.55. The summed E-state index contributed by atoms with van der Waals surface area (Å²) in [4.78, 5) is 3.93. The number of benzene rings is 1. The number of halogens is 2. The van der Waals surface area contributed by atoms with Crippen LogP contribution in [0.2, 0.25) is 0 Å². The third-order valence-corrected chi connectivity index (χ3v) is 2.14. The fraction of sp³-hybridized carbons (Fsp3) is 0.300. The molecular weight excluding hydrogens is 235 g/mol. The third-order valence-electron chi connectivity index (χ3n) is 1.87. The number of hydrogen-bond donors (Lipinski definition) is 1. The lowest BCUT2D eigenvalue weighted by molar-refractivity contribution is 0.351. The van der Waals surface area contributed by atoms with E-state index < -0.39 is 5.82 Å². The Kier molecular flexibility index (Phi) is 4.37. The summed E-state index contributed by atoms with van der Waals surface area (Å²) in [7, 11) is 2.71. The Balaban J connectivity index is 3.26. The van der Waals surface area contributed by atoms with E-state index >= 15 is 0 Å². The van der Waals surface area contributed by atoms with Crippen LogP contribution in [0.25, 0.3) is 0 Å². The molecule has 6 heteroatoms. The molecule has 0 aromatic heterocycles. The lowest BCUT2D eigenvalue weighted by atomic mass is 10.2. The molecule has 0 amide bonds. The monoisotopic (exact) mass is 246 g/mol. The summed E-state index contributed by atoms with van der Waals surface area (Å²) in [6.45, 7) is 0. The van der Waals surface area contributed by atoms with Crippen molar-refractivity contribution in [2.24, 2.45) is 10.7 Å². The van der Waals surface area contributed by atoms with Crippen molar-refractivity contribution in [1.29, 1.82) is 0 Å². The highest BCUT2D eigenvalue weighted by molar-refractivity contribution is 6.28. The van der Waals surface area contributed by atoms with Crippen LogP contribution in [-0.4, -0.2) is 25.9 Å². The van der Waals surface area contributed by atoms with Crippen molar-refractivity contribution in [3.8, 4) is 11.5 Å². The standard InChI is InChI=1S/C10H12ClFN2O2/c1-15-7-4-3-6(14-8(13)5-11)10(16-2)9(7)12/h3-4H,5H2,1-2H3,(H2,13,14). The molecule has 0 saturated carbocycles. The van der Waals surface area contributed by atoms with Crippen molar-refractivity contribution in [3.05, 3.63) is 17.9 Å². The van der Waals surface area contributed by atoms with E-state index in [2.05, 4.69) is 4.99 Å². The SMILES string of the molecule is COc1ccc(N=C(N)CCl)c(OC)c1F. The predicted molar refractivity (Wildman–Crippen MR) is 61.5 cm³/mol. The van der Waals surface area contributed by atoms with Crippen LogP contribution in [0.5, 0.6) is 11.5 Å². The first kappa shape index (κ1) is 12.6. The van der Waals surface area contributed by atoms with Crippen LogP contribution < -0.4 is 15.2 Å². The molecule has 0 bridgehead atoms. The number of nitrogens with two attached hydrogens (primary N) is 1. The second-order valence-corrected chi connectivity index (χ2v) is 3.14. The van der Waals surface area contributed by atoms with Gasteiger partial charge < -0.3 is 15.2 Å². The fourth-order valence-corrected chi connectivity index (χ4v) is 1.21. The van der Waals surface area contributed by atoms with Crippen LogP contribution >= 0.6 is 11.6 Å². The number of ether oxygens (including phenoxy) is 2. The molecule has 0 aliphatic carbocycles. The molecule has 1 rings (SSSR count). The molecule has 0 spiro atoms. The number of rotatable bonds is 4. The topological polar surface area (TPSA) is 56.8 Å². The number of alkyl halides is 1. The number of aliphatic imine (C=N–C) groups is 1. The molecule has 0 unspecified atom stereocenters. The molecule has 1 aromatic rings. The Morgan fingerprint density at radius 1 is 1.44 bits per heavy atom. The largest absolute Gasteiger partial charge is 0.494 e. The molecule has 0 atom stereocenters. The van der Waals surface area contributed by atoms with Gasteiger partial charge in [0, 0.05) is 0 Å². The minimum absolute atomic E-state index is 0.0209. The van der Waals surface area contributed by atoms with Crippen molar-refractivity contribution in [3.63, 3.8) is 0 Å². The van der Waals surface area contributed by atoms with Crippen LogP contribution in [-0.2, 0) is 0 Å². The van der Waals surface area contributed by atoms with Gasteiger partial charge in [0.2, 0.25) is 5.82 Å². The van der Waals surface area contributed by atoms with E-state index in [9.17, 15) is 4.39 Å². The van der Waals surface area contributed by atoms with Gasteiger partial charge in [-0.05, 0) is 12.1 Å². The van der Waals surface area contributed by atoms with Crippen LogP contribution in [0.1, 0.15) is 0 Å². The number of methoxy groups -OCH3 is 2. The first-order valence-corrected chi connectivity index (χ1v) is 4.97. The number of hydrogen-bond acceptors (Lipinski definition) is 3. The Morgan fingerprint density at radius 3 is 2.62 bits per heavy atom. The maximum Gasteiger partial charge on any atom is 0.209 e. The van der Waals surface area contributed by atoms with Gasteiger partial charge in [-0.2, -0.15) is 4.39 Å². The summed E-state index contributed by atoms with van der Waals surface area (Å²) >= 11 is 5.48. The molecule has 4 nitrogen and oxygen atoms in total. The van der Waals surface area contributed by atoms with Crippen molar-refractivity contribution in [1.82, 2.24) is 0 Å². The smallest absolute Gasteiger partial charge is 0.209 e. The highest BCUT2D eigenvalue weighted by atomic mass is 35.5. The number of amidine groups is 1. The zero-order chi connectivity index (χ0) is 12.1. The summed E-state index contributed by atoms with van der Waals surface area (Å²) in [6, 6.07) is 2.98. The predicted octanol–water partition coefficient (Wildman–Crippen LogP) is 2.07. The minimum Gasteiger partial charge on any atom is -0.494 e. The molecule has 0 radical (unpaired) electrons. The van der Waals surface area contributed by atoms with E-state index in [4.69, 9.17) is 26.8 Å².